The Hall–Kier alpha value is -1.36. The lowest BCUT2D eigenvalue weighted by molar-refractivity contribution is 0.0740. The number of fused-ring (bicyclic) bond motifs is 1. The molecule has 0 spiro atoms. The number of benzene rings is 1. The molecule has 0 N–H and O–H groups in total. The van der Waals surface area contributed by atoms with Crippen molar-refractivity contribution in [2.24, 2.45) is 0 Å². The first-order valence-corrected chi connectivity index (χ1v) is 11.6. The van der Waals surface area contributed by atoms with Crippen LogP contribution >= 0.6 is 34.3 Å². The zero-order chi connectivity index (χ0) is 19.2. The van der Waals surface area contributed by atoms with Crippen LogP contribution in [0.15, 0.2) is 30.3 Å². The van der Waals surface area contributed by atoms with E-state index in [9.17, 15) is 4.79 Å². The Balaban J connectivity index is 1.65. The first kappa shape index (κ1) is 20.4. The molecule has 144 valence electrons. The molecule has 0 radical (unpaired) electrons. The summed E-state index contributed by atoms with van der Waals surface area (Å²) in [4.78, 5) is 14.4. The molecule has 0 amide bonds. The van der Waals surface area contributed by atoms with Gasteiger partial charge in [0.1, 0.15) is 10.6 Å². The van der Waals surface area contributed by atoms with Crippen LogP contribution in [0.3, 0.4) is 0 Å². The average Bonchev–Trinajstić information content (AvgIpc) is 3.21. The van der Waals surface area contributed by atoms with Crippen LogP contribution in [0.25, 0.3) is 9.40 Å². The lowest BCUT2D eigenvalue weighted by Crippen LogP contribution is -2.06. The fourth-order valence-corrected chi connectivity index (χ4v) is 5.84. The second-order valence-corrected chi connectivity index (χ2v) is 9.27. The Morgan fingerprint density at radius 2 is 1.78 bits per heavy atom. The molecule has 0 aliphatic heterocycles. The van der Waals surface area contributed by atoms with E-state index in [0.717, 1.165) is 22.2 Å². The highest BCUT2D eigenvalue weighted by Crippen LogP contribution is 2.41. The summed E-state index contributed by atoms with van der Waals surface area (Å²) in [6.45, 7) is 4.33. The Kier molecular flexibility index (Phi) is 7.33. The zero-order valence-electron chi connectivity index (χ0n) is 15.8. The summed E-state index contributed by atoms with van der Waals surface area (Å²) in [5, 5.41) is 0.535. The summed E-state index contributed by atoms with van der Waals surface area (Å²) in [5.41, 5.74) is 1.21. The third-order valence-electron chi connectivity index (χ3n) is 4.61. The van der Waals surface area contributed by atoms with Crippen LogP contribution in [0.5, 0.6) is 5.75 Å². The maximum Gasteiger partial charge on any atom is 0.355 e. The smallest absolute Gasteiger partial charge is 0.355 e. The fraction of sp³-hybridized carbons (Fsp3) is 0.409. The van der Waals surface area contributed by atoms with Gasteiger partial charge in [-0.3, -0.25) is 0 Å². The standard InChI is InChI=1S/C22H25ClO2S2/c1-3-5-6-7-8-9-17-14-18-20(26-17)19(23)21(27-18)22(24)25-16-12-10-15(4-2)11-13-16/h10-14H,3-9H2,1-2H3. The van der Waals surface area contributed by atoms with Gasteiger partial charge in [0.05, 0.1) is 9.72 Å². The molecule has 27 heavy (non-hydrogen) atoms. The van der Waals surface area contributed by atoms with Gasteiger partial charge in [0.2, 0.25) is 0 Å². The number of rotatable bonds is 9. The Bertz CT molecular complexity index is 893. The van der Waals surface area contributed by atoms with E-state index in [0.29, 0.717) is 15.6 Å². The number of carbonyl (C=O) groups is 1. The van der Waals surface area contributed by atoms with Crippen molar-refractivity contribution >= 4 is 49.6 Å². The highest BCUT2D eigenvalue weighted by Gasteiger charge is 2.21. The van der Waals surface area contributed by atoms with Crippen LogP contribution in [-0.2, 0) is 12.8 Å². The van der Waals surface area contributed by atoms with Crippen molar-refractivity contribution in [1.29, 1.82) is 0 Å². The van der Waals surface area contributed by atoms with E-state index in [4.69, 9.17) is 16.3 Å². The molecule has 0 aliphatic rings. The quantitative estimate of drug-likeness (QED) is 0.199. The summed E-state index contributed by atoms with van der Waals surface area (Å²) in [7, 11) is 0. The number of halogens is 1. The zero-order valence-corrected chi connectivity index (χ0v) is 18.2. The summed E-state index contributed by atoms with van der Waals surface area (Å²) in [5.74, 6) is 0.177. The minimum absolute atomic E-state index is 0.376. The van der Waals surface area contributed by atoms with Crippen LogP contribution in [0.4, 0.5) is 0 Å². The van der Waals surface area contributed by atoms with E-state index in [2.05, 4.69) is 19.9 Å². The monoisotopic (exact) mass is 420 g/mol. The third-order valence-corrected chi connectivity index (χ3v) is 7.67. The van der Waals surface area contributed by atoms with Crippen LogP contribution in [0.2, 0.25) is 5.02 Å². The van der Waals surface area contributed by atoms with E-state index in [1.165, 1.54) is 53.9 Å². The van der Waals surface area contributed by atoms with Gasteiger partial charge in [-0.2, -0.15) is 0 Å². The van der Waals surface area contributed by atoms with Gasteiger partial charge in [-0.15, -0.1) is 22.7 Å². The molecule has 0 aliphatic carbocycles. The molecular weight excluding hydrogens is 396 g/mol. The number of thiophene rings is 2. The highest BCUT2D eigenvalue weighted by atomic mass is 35.5. The lowest BCUT2D eigenvalue weighted by atomic mass is 10.1. The summed E-state index contributed by atoms with van der Waals surface area (Å²) < 4.78 is 7.60. The number of esters is 1. The molecule has 0 saturated carbocycles. The molecule has 0 fully saturated rings. The van der Waals surface area contributed by atoms with E-state index < -0.39 is 0 Å². The van der Waals surface area contributed by atoms with Crippen LogP contribution in [0.1, 0.15) is 66.1 Å². The van der Waals surface area contributed by atoms with Gasteiger partial charge in [0.25, 0.3) is 0 Å². The molecule has 0 atom stereocenters. The van der Waals surface area contributed by atoms with Crippen molar-refractivity contribution in [1.82, 2.24) is 0 Å². The largest absolute Gasteiger partial charge is 0.422 e. The van der Waals surface area contributed by atoms with Crippen LogP contribution < -0.4 is 4.74 Å². The minimum Gasteiger partial charge on any atom is -0.422 e. The van der Waals surface area contributed by atoms with Gasteiger partial charge in [-0.25, -0.2) is 4.79 Å². The molecular formula is C22H25ClO2S2. The molecule has 2 heterocycles. The molecule has 2 aromatic heterocycles. The molecule has 0 saturated heterocycles. The van der Waals surface area contributed by atoms with Crippen molar-refractivity contribution in [3.8, 4) is 5.75 Å². The normalized spacial score (nSPS) is 11.2. The number of carbonyl (C=O) groups excluding carboxylic acids is 1. The first-order chi connectivity index (χ1) is 13.1. The Morgan fingerprint density at radius 3 is 2.44 bits per heavy atom. The SMILES string of the molecule is CCCCCCCc1cc2sc(C(=O)Oc3ccc(CC)cc3)c(Cl)c2s1. The number of aryl methyl sites for hydroxylation is 2. The van der Waals surface area contributed by atoms with Crippen molar-refractivity contribution in [2.45, 2.75) is 58.8 Å². The molecule has 5 heteroatoms. The van der Waals surface area contributed by atoms with Gasteiger partial charge in [0.15, 0.2) is 0 Å². The van der Waals surface area contributed by atoms with Crippen molar-refractivity contribution < 1.29 is 9.53 Å². The van der Waals surface area contributed by atoms with Crippen LogP contribution in [-0.4, -0.2) is 5.97 Å². The number of hydrogen-bond donors (Lipinski definition) is 0. The highest BCUT2D eigenvalue weighted by molar-refractivity contribution is 7.29. The summed E-state index contributed by atoms with van der Waals surface area (Å²) >= 11 is 9.64. The maximum absolute atomic E-state index is 12.5. The van der Waals surface area contributed by atoms with E-state index in [1.54, 1.807) is 11.3 Å². The lowest BCUT2D eigenvalue weighted by Gasteiger charge is -2.04. The second-order valence-electron chi connectivity index (χ2n) is 6.70. The molecule has 0 unspecified atom stereocenters. The predicted molar refractivity (Wildman–Crippen MR) is 118 cm³/mol. The third kappa shape index (κ3) is 5.13. The Morgan fingerprint density at radius 1 is 1.04 bits per heavy atom. The van der Waals surface area contributed by atoms with Gasteiger partial charge < -0.3 is 4.74 Å². The maximum atomic E-state index is 12.5. The molecule has 3 aromatic rings. The number of ether oxygens (including phenoxy) is 1. The van der Waals surface area contributed by atoms with E-state index in [-0.39, 0.29) is 5.97 Å². The van der Waals surface area contributed by atoms with Gasteiger partial charge in [0, 0.05) is 9.58 Å². The number of unbranched alkanes of at least 4 members (excludes halogenated alkanes) is 4. The number of hydrogen-bond acceptors (Lipinski definition) is 4. The summed E-state index contributed by atoms with van der Waals surface area (Å²) in [6, 6.07) is 9.80. The molecule has 1 aromatic carbocycles. The summed E-state index contributed by atoms with van der Waals surface area (Å²) in [6.07, 6.45) is 8.45. The van der Waals surface area contributed by atoms with Gasteiger partial charge in [-0.1, -0.05) is 63.3 Å². The van der Waals surface area contributed by atoms with Gasteiger partial charge in [-0.05, 0) is 43.0 Å². The fourth-order valence-electron chi connectivity index (χ4n) is 3.01. The van der Waals surface area contributed by atoms with Gasteiger partial charge >= 0.3 is 5.97 Å². The van der Waals surface area contributed by atoms with Crippen molar-refractivity contribution in [3.63, 3.8) is 0 Å². The van der Waals surface area contributed by atoms with Crippen molar-refractivity contribution in [2.75, 3.05) is 0 Å². The molecule has 2 nitrogen and oxygen atoms in total. The Labute approximate surface area is 174 Å². The predicted octanol–water partition coefficient (Wildman–Crippen LogP) is 7.91. The topological polar surface area (TPSA) is 26.3 Å². The minimum atomic E-state index is -0.376. The van der Waals surface area contributed by atoms with E-state index in [1.807, 2.05) is 24.3 Å². The first-order valence-electron chi connectivity index (χ1n) is 9.64. The second kappa shape index (κ2) is 9.72. The van der Waals surface area contributed by atoms with E-state index >= 15 is 0 Å². The molecule has 0 bridgehead atoms. The average molecular weight is 421 g/mol. The molecule has 3 rings (SSSR count). The van der Waals surface area contributed by atoms with Crippen molar-refractivity contribution in [3.05, 3.63) is 50.7 Å². The van der Waals surface area contributed by atoms with Crippen LogP contribution in [0, 0.1) is 0 Å².